The van der Waals surface area contributed by atoms with Gasteiger partial charge in [0.1, 0.15) is 6.04 Å². The molecule has 1 aliphatic heterocycles. The standard InChI is InChI=1S/C8H15ClN2O4S/c1-2-15-8(12)7-5-3-4-6-11(7)10-16(9,13)14/h7,10H,2-6H2,1H3/t7-/m0/s1. The van der Waals surface area contributed by atoms with E-state index in [-0.39, 0.29) is 6.61 Å². The van der Waals surface area contributed by atoms with E-state index in [1.165, 1.54) is 5.01 Å². The molecule has 1 aliphatic rings. The van der Waals surface area contributed by atoms with Crippen molar-refractivity contribution in [2.75, 3.05) is 13.2 Å². The number of hydrazine groups is 1. The lowest BCUT2D eigenvalue weighted by molar-refractivity contribution is -0.151. The SMILES string of the molecule is CCOC(=O)[C@@H]1CCCCN1NS(=O)(=O)Cl. The first-order valence-electron chi connectivity index (χ1n) is 5.09. The van der Waals surface area contributed by atoms with Gasteiger partial charge in [0, 0.05) is 17.2 Å². The lowest BCUT2D eigenvalue weighted by Crippen LogP contribution is -2.53. The summed E-state index contributed by atoms with van der Waals surface area (Å²) in [5, 5.41) is 1.32. The first-order valence-corrected chi connectivity index (χ1v) is 7.40. The van der Waals surface area contributed by atoms with Gasteiger partial charge in [-0.25, -0.2) is 5.01 Å². The van der Waals surface area contributed by atoms with Crippen LogP contribution in [0.4, 0.5) is 0 Å². The van der Waals surface area contributed by atoms with Crippen LogP contribution in [0.15, 0.2) is 0 Å². The van der Waals surface area contributed by atoms with Crippen LogP contribution >= 0.6 is 10.7 Å². The number of nitrogens with zero attached hydrogens (tertiary/aromatic N) is 1. The van der Waals surface area contributed by atoms with Gasteiger partial charge in [0.2, 0.25) is 0 Å². The molecule has 1 N–H and O–H groups in total. The average molecular weight is 271 g/mol. The molecule has 0 bridgehead atoms. The molecular weight excluding hydrogens is 256 g/mol. The van der Waals surface area contributed by atoms with Crippen molar-refractivity contribution in [3.8, 4) is 0 Å². The summed E-state index contributed by atoms with van der Waals surface area (Å²) in [6.45, 7) is 2.43. The van der Waals surface area contributed by atoms with Crippen molar-refractivity contribution in [2.24, 2.45) is 0 Å². The smallest absolute Gasteiger partial charge is 0.324 e. The Kier molecular flexibility index (Phi) is 4.97. The molecule has 0 amide bonds. The number of carbonyl (C=O) groups excluding carboxylic acids is 1. The van der Waals surface area contributed by atoms with Crippen molar-refractivity contribution in [1.29, 1.82) is 0 Å². The van der Waals surface area contributed by atoms with Gasteiger partial charge in [0.25, 0.3) is 0 Å². The zero-order valence-electron chi connectivity index (χ0n) is 8.98. The molecule has 1 saturated heterocycles. The van der Waals surface area contributed by atoms with E-state index in [9.17, 15) is 13.2 Å². The Morgan fingerprint density at radius 2 is 2.25 bits per heavy atom. The maximum atomic E-state index is 11.6. The summed E-state index contributed by atoms with van der Waals surface area (Å²) in [6, 6.07) is -0.581. The maximum absolute atomic E-state index is 11.6. The van der Waals surface area contributed by atoms with E-state index in [2.05, 4.69) is 4.83 Å². The Labute approximate surface area is 99.4 Å². The fraction of sp³-hybridized carbons (Fsp3) is 0.875. The van der Waals surface area contributed by atoms with E-state index in [0.29, 0.717) is 13.0 Å². The van der Waals surface area contributed by atoms with E-state index in [4.69, 9.17) is 15.4 Å². The van der Waals surface area contributed by atoms with Crippen molar-refractivity contribution in [3.05, 3.63) is 0 Å². The fourth-order valence-corrected chi connectivity index (χ4v) is 2.43. The van der Waals surface area contributed by atoms with Crippen LogP contribution in [0, 0.1) is 0 Å². The third kappa shape index (κ3) is 4.25. The Hall–Kier alpha value is -0.370. The number of esters is 1. The number of rotatable bonds is 4. The van der Waals surface area contributed by atoms with Crippen LogP contribution < -0.4 is 4.83 Å². The zero-order valence-corrected chi connectivity index (χ0v) is 10.6. The highest BCUT2D eigenvalue weighted by molar-refractivity contribution is 8.12. The lowest BCUT2D eigenvalue weighted by Gasteiger charge is -2.32. The van der Waals surface area contributed by atoms with Crippen molar-refractivity contribution < 1.29 is 17.9 Å². The molecule has 6 nitrogen and oxygen atoms in total. The Bertz CT molecular complexity index is 346. The molecule has 16 heavy (non-hydrogen) atoms. The predicted octanol–water partition coefficient (Wildman–Crippen LogP) is 0.392. The Morgan fingerprint density at radius 1 is 1.56 bits per heavy atom. The largest absolute Gasteiger partial charge is 0.465 e. The molecule has 1 rings (SSSR count). The van der Waals surface area contributed by atoms with Gasteiger partial charge in [0.05, 0.1) is 6.61 Å². The summed E-state index contributed by atoms with van der Waals surface area (Å²) < 4.78 is 26.6. The third-order valence-electron chi connectivity index (χ3n) is 2.29. The number of hydrogen-bond acceptors (Lipinski definition) is 5. The van der Waals surface area contributed by atoms with Crippen LogP contribution in [0.2, 0.25) is 0 Å². The van der Waals surface area contributed by atoms with E-state index in [1.807, 2.05) is 0 Å². The topological polar surface area (TPSA) is 75.7 Å². The quantitative estimate of drug-likeness (QED) is 0.591. The van der Waals surface area contributed by atoms with Gasteiger partial charge in [-0.1, -0.05) is 0 Å². The molecule has 8 heteroatoms. The second-order valence-corrected chi connectivity index (χ2v) is 5.76. The Morgan fingerprint density at radius 3 is 2.81 bits per heavy atom. The molecule has 0 unspecified atom stereocenters. The number of carbonyl (C=O) groups is 1. The normalized spacial score (nSPS) is 23.0. The summed E-state index contributed by atoms with van der Waals surface area (Å²) in [4.78, 5) is 13.7. The van der Waals surface area contributed by atoms with Crippen LogP contribution in [-0.2, 0) is 18.8 Å². The zero-order chi connectivity index (χ0) is 12.2. The van der Waals surface area contributed by atoms with Gasteiger partial charge < -0.3 is 4.74 Å². The number of hydrogen-bond donors (Lipinski definition) is 1. The van der Waals surface area contributed by atoms with E-state index in [0.717, 1.165) is 12.8 Å². The molecule has 0 aromatic rings. The first-order chi connectivity index (χ1) is 7.44. The third-order valence-corrected chi connectivity index (χ3v) is 2.95. The second kappa shape index (κ2) is 5.81. The number of halogens is 1. The monoisotopic (exact) mass is 270 g/mol. The van der Waals surface area contributed by atoms with Crippen LogP contribution in [0.5, 0.6) is 0 Å². The van der Waals surface area contributed by atoms with Crippen LogP contribution in [0.25, 0.3) is 0 Å². The van der Waals surface area contributed by atoms with Crippen LogP contribution in [0.3, 0.4) is 0 Å². The van der Waals surface area contributed by atoms with Crippen LogP contribution in [0.1, 0.15) is 26.2 Å². The number of ether oxygens (including phenoxy) is 1. The molecule has 0 aromatic carbocycles. The maximum Gasteiger partial charge on any atom is 0.324 e. The number of piperidine rings is 1. The molecular formula is C8H15ClN2O4S. The summed E-state index contributed by atoms with van der Waals surface area (Å²) in [6.07, 6.45) is 2.25. The molecule has 0 spiro atoms. The van der Waals surface area contributed by atoms with Crippen molar-refractivity contribution in [3.63, 3.8) is 0 Å². The molecule has 0 aliphatic carbocycles. The van der Waals surface area contributed by atoms with E-state index >= 15 is 0 Å². The average Bonchev–Trinajstić information content (AvgIpc) is 2.16. The Balaban J connectivity index is 2.67. The second-order valence-electron chi connectivity index (χ2n) is 3.49. The minimum atomic E-state index is -3.86. The predicted molar refractivity (Wildman–Crippen MR) is 58.9 cm³/mol. The van der Waals surface area contributed by atoms with E-state index < -0.39 is 21.2 Å². The van der Waals surface area contributed by atoms with Gasteiger partial charge in [-0.15, -0.1) is 4.83 Å². The highest BCUT2D eigenvalue weighted by atomic mass is 35.7. The van der Waals surface area contributed by atoms with Gasteiger partial charge in [-0.2, -0.15) is 8.42 Å². The summed E-state index contributed by atoms with van der Waals surface area (Å²) in [5.74, 6) is -0.421. The van der Waals surface area contributed by atoms with Crippen molar-refractivity contribution >= 4 is 25.9 Å². The van der Waals surface area contributed by atoms with Gasteiger partial charge in [-0.3, -0.25) is 4.79 Å². The molecule has 1 fully saturated rings. The molecule has 1 heterocycles. The number of nitrogens with one attached hydrogen (secondary N) is 1. The van der Waals surface area contributed by atoms with Crippen LogP contribution in [-0.4, -0.2) is 38.6 Å². The highest BCUT2D eigenvalue weighted by Gasteiger charge is 2.31. The highest BCUT2D eigenvalue weighted by Crippen LogP contribution is 2.17. The minimum absolute atomic E-state index is 0.275. The fourth-order valence-electron chi connectivity index (χ4n) is 1.66. The molecule has 1 atom stereocenters. The molecule has 94 valence electrons. The summed E-state index contributed by atoms with van der Waals surface area (Å²) >= 11 is 0. The molecule has 0 aromatic heterocycles. The lowest BCUT2D eigenvalue weighted by atomic mass is 10.0. The van der Waals surface area contributed by atoms with Crippen molar-refractivity contribution in [1.82, 2.24) is 9.84 Å². The van der Waals surface area contributed by atoms with Crippen molar-refractivity contribution in [2.45, 2.75) is 32.2 Å². The van der Waals surface area contributed by atoms with Gasteiger partial charge >= 0.3 is 15.2 Å². The summed E-state index contributed by atoms with van der Waals surface area (Å²) in [7, 11) is 1.22. The first kappa shape index (κ1) is 13.7. The minimum Gasteiger partial charge on any atom is -0.465 e. The summed E-state index contributed by atoms with van der Waals surface area (Å²) in [5.41, 5.74) is 0. The van der Waals surface area contributed by atoms with Gasteiger partial charge in [-0.05, 0) is 26.2 Å². The van der Waals surface area contributed by atoms with E-state index in [1.54, 1.807) is 6.92 Å². The molecule has 0 radical (unpaired) electrons. The van der Waals surface area contributed by atoms with Gasteiger partial charge in [0.15, 0.2) is 0 Å². The molecule has 0 saturated carbocycles.